The molecule has 4 aromatic rings. The Balaban J connectivity index is 1.20. The van der Waals surface area contributed by atoms with Gasteiger partial charge in [-0.15, -0.1) is 0 Å². The van der Waals surface area contributed by atoms with Crippen molar-refractivity contribution in [2.24, 2.45) is 11.8 Å². The smallest absolute Gasteiger partial charge is 0.240 e. The van der Waals surface area contributed by atoms with Crippen molar-refractivity contribution in [3.8, 4) is 11.8 Å². The van der Waals surface area contributed by atoms with Crippen molar-refractivity contribution in [2.45, 2.75) is 37.4 Å². The highest BCUT2D eigenvalue weighted by atomic mass is 16.5. The number of hydrogen-bond acceptors (Lipinski definition) is 5. The number of carbonyl (C=O) groups is 2. The number of fused-ring (bicyclic) bond motifs is 7. The second-order valence-electron chi connectivity index (χ2n) is 10.6. The summed E-state index contributed by atoms with van der Waals surface area (Å²) >= 11 is 0. The molecule has 3 aliphatic rings. The molecule has 37 heavy (non-hydrogen) atoms. The molecule has 0 saturated carbocycles. The van der Waals surface area contributed by atoms with E-state index in [2.05, 4.69) is 11.1 Å². The summed E-state index contributed by atoms with van der Waals surface area (Å²) in [7, 11) is 0. The van der Waals surface area contributed by atoms with E-state index in [1.165, 1.54) is 4.90 Å². The minimum absolute atomic E-state index is 0.215. The van der Waals surface area contributed by atoms with Crippen molar-refractivity contribution in [3.63, 3.8) is 0 Å². The van der Waals surface area contributed by atoms with E-state index in [0.29, 0.717) is 30.7 Å². The topological polar surface area (TPSA) is 95.4 Å². The third-order valence-corrected chi connectivity index (χ3v) is 8.59. The number of nitriles is 1. The summed E-state index contributed by atoms with van der Waals surface area (Å²) in [6.45, 7) is 2.35. The number of benzene rings is 3. The number of anilines is 1. The quantitative estimate of drug-likeness (QED) is 0.393. The summed E-state index contributed by atoms with van der Waals surface area (Å²) in [5.41, 5.74) is 0.679. The number of carbonyl (C=O) groups excluding carboxylic acids is 2. The second kappa shape index (κ2) is 7.67. The Bertz CT molecular complexity index is 1650. The maximum absolute atomic E-state index is 14.0. The zero-order valence-electron chi connectivity index (χ0n) is 20.4. The number of imide groups is 1. The number of hydrogen-bond donors (Lipinski definition) is 1. The molecular formula is C30H25N3O4. The fraction of sp³-hybridized carbons (Fsp3) is 0.300. The summed E-state index contributed by atoms with van der Waals surface area (Å²) < 4.78 is 12.7. The Morgan fingerprint density at radius 1 is 1.05 bits per heavy atom. The maximum Gasteiger partial charge on any atom is 0.240 e. The zero-order chi connectivity index (χ0) is 25.4. The molecule has 0 spiro atoms. The number of aromatic amines is 1. The van der Waals surface area contributed by atoms with Gasteiger partial charge in [-0.25, -0.2) is 4.90 Å². The fourth-order valence-electron chi connectivity index (χ4n) is 6.89. The van der Waals surface area contributed by atoms with Crippen molar-refractivity contribution in [1.82, 2.24) is 4.98 Å². The number of amides is 2. The number of aromatic nitrogens is 1. The molecule has 2 amide bonds. The van der Waals surface area contributed by atoms with E-state index >= 15 is 0 Å². The maximum atomic E-state index is 14.0. The minimum atomic E-state index is -0.735. The number of H-pyrrole nitrogens is 1. The Labute approximate surface area is 213 Å². The molecule has 7 rings (SSSR count). The molecule has 0 aliphatic carbocycles. The van der Waals surface area contributed by atoms with Crippen molar-refractivity contribution in [1.29, 1.82) is 5.26 Å². The zero-order valence-corrected chi connectivity index (χ0v) is 20.4. The van der Waals surface area contributed by atoms with Crippen LogP contribution in [0.3, 0.4) is 0 Å². The molecule has 7 nitrogen and oxygen atoms in total. The van der Waals surface area contributed by atoms with Gasteiger partial charge in [-0.05, 0) is 56.2 Å². The lowest BCUT2D eigenvalue weighted by Gasteiger charge is -2.31. The predicted octanol–water partition coefficient (Wildman–Crippen LogP) is 5.09. The number of rotatable bonds is 5. The third kappa shape index (κ3) is 3.03. The van der Waals surface area contributed by atoms with Gasteiger partial charge in [0.2, 0.25) is 11.8 Å². The summed E-state index contributed by atoms with van der Waals surface area (Å²) in [4.78, 5) is 32.4. The van der Waals surface area contributed by atoms with Gasteiger partial charge in [0.15, 0.2) is 0 Å². The molecule has 4 heterocycles. The van der Waals surface area contributed by atoms with Gasteiger partial charge in [0, 0.05) is 34.3 Å². The molecule has 1 aromatic heterocycles. The van der Waals surface area contributed by atoms with Gasteiger partial charge in [-0.3, -0.25) is 9.59 Å². The average molecular weight is 492 g/mol. The molecular weight excluding hydrogens is 466 g/mol. The van der Waals surface area contributed by atoms with Crippen molar-refractivity contribution in [3.05, 3.63) is 72.4 Å². The fourth-order valence-corrected chi connectivity index (χ4v) is 6.89. The van der Waals surface area contributed by atoms with Crippen molar-refractivity contribution < 1.29 is 19.1 Å². The van der Waals surface area contributed by atoms with Crippen LogP contribution in [0.15, 0.2) is 66.9 Å². The first-order chi connectivity index (χ1) is 17.9. The molecule has 0 unspecified atom stereocenters. The molecule has 3 fully saturated rings. The van der Waals surface area contributed by atoms with E-state index in [-0.39, 0.29) is 11.8 Å². The van der Waals surface area contributed by atoms with Crippen LogP contribution in [0.5, 0.6) is 5.75 Å². The highest BCUT2D eigenvalue weighted by Crippen LogP contribution is 2.62. The summed E-state index contributed by atoms with van der Waals surface area (Å²) in [5, 5.41) is 12.1. The SMILES string of the molecule is C[C@]12CC[C@](CCOc3ccc4[nH]ccc4c3)(O1)[C@@H]1C(=O)N(c3ccc(C#N)c4ccccc34)C(=O)[C@@H]12. The molecule has 2 bridgehead atoms. The van der Waals surface area contributed by atoms with Crippen LogP contribution in [0.1, 0.15) is 31.7 Å². The number of nitrogens with one attached hydrogen (secondary N) is 1. The summed E-state index contributed by atoms with van der Waals surface area (Å²) in [6, 6.07) is 20.9. The first-order valence-electron chi connectivity index (χ1n) is 12.6. The van der Waals surface area contributed by atoms with Gasteiger partial charge < -0.3 is 14.5 Å². The molecule has 4 atom stereocenters. The van der Waals surface area contributed by atoms with E-state index in [0.717, 1.165) is 33.8 Å². The minimum Gasteiger partial charge on any atom is -0.493 e. The normalized spacial score (nSPS) is 28.3. The Morgan fingerprint density at radius 3 is 2.70 bits per heavy atom. The third-order valence-electron chi connectivity index (χ3n) is 8.59. The van der Waals surface area contributed by atoms with Crippen LogP contribution in [0.25, 0.3) is 21.7 Å². The Hall–Kier alpha value is -4.15. The summed E-state index contributed by atoms with van der Waals surface area (Å²) in [5.74, 6) is -0.753. The monoisotopic (exact) mass is 491 g/mol. The van der Waals surface area contributed by atoms with Gasteiger partial charge in [0.1, 0.15) is 5.75 Å². The lowest BCUT2D eigenvalue weighted by atomic mass is 9.67. The second-order valence-corrected chi connectivity index (χ2v) is 10.6. The molecule has 7 heteroatoms. The standard InChI is InChI=1S/C30H25N3O4/c1-29-11-12-30(37-29,13-15-36-20-7-8-23-18(16-20)10-14-32-23)26-25(29)27(34)33(28(26)35)24-9-6-19(17-31)21-4-2-3-5-22(21)24/h2-10,14,16,25-26,32H,11-13,15H2,1H3/t25-,26+,29-,30-/m1/s1. The molecule has 3 aromatic carbocycles. The lowest BCUT2D eigenvalue weighted by Crippen LogP contribution is -2.43. The lowest BCUT2D eigenvalue weighted by molar-refractivity contribution is -0.131. The van der Waals surface area contributed by atoms with Gasteiger partial charge in [0.25, 0.3) is 0 Å². The Morgan fingerprint density at radius 2 is 1.86 bits per heavy atom. The highest BCUT2D eigenvalue weighted by Gasteiger charge is 2.73. The van der Waals surface area contributed by atoms with Gasteiger partial charge in [0.05, 0.1) is 47.0 Å². The molecule has 3 aliphatic heterocycles. The van der Waals surface area contributed by atoms with Crippen LogP contribution >= 0.6 is 0 Å². The van der Waals surface area contributed by atoms with Crippen LogP contribution in [0.4, 0.5) is 5.69 Å². The van der Waals surface area contributed by atoms with E-state index < -0.39 is 23.0 Å². The average Bonchev–Trinajstić information content (AvgIpc) is 3.63. The van der Waals surface area contributed by atoms with Gasteiger partial charge in [-0.1, -0.05) is 24.3 Å². The predicted molar refractivity (Wildman–Crippen MR) is 138 cm³/mol. The van der Waals surface area contributed by atoms with Crippen molar-refractivity contribution in [2.75, 3.05) is 11.5 Å². The Kier molecular flexibility index (Phi) is 4.58. The highest BCUT2D eigenvalue weighted by molar-refractivity contribution is 6.26. The van der Waals surface area contributed by atoms with Crippen LogP contribution in [-0.4, -0.2) is 34.6 Å². The van der Waals surface area contributed by atoms with E-state index in [1.54, 1.807) is 12.1 Å². The van der Waals surface area contributed by atoms with Gasteiger partial charge in [-0.2, -0.15) is 5.26 Å². The first kappa shape index (κ1) is 22.1. The molecule has 0 radical (unpaired) electrons. The number of ether oxygens (including phenoxy) is 2. The van der Waals surface area contributed by atoms with Crippen LogP contribution in [-0.2, 0) is 14.3 Å². The van der Waals surface area contributed by atoms with E-state index in [9.17, 15) is 14.9 Å². The van der Waals surface area contributed by atoms with Crippen LogP contribution in [0.2, 0.25) is 0 Å². The number of nitrogens with zero attached hydrogens (tertiary/aromatic N) is 2. The van der Waals surface area contributed by atoms with Crippen LogP contribution in [0, 0.1) is 23.2 Å². The van der Waals surface area contributed by atoms with Crippen molar-refractivity contribution >= 4 is 39.2 Å². The first-order valence-corrected chi connectivity index (χ1v) is 12.6. The van der Waals surface area contributed by atoms with Gasteiger partial charge >= 0.3 is 0 Å². The van der Waals surface area contributed by atoms with E-state index in [4.69, 9.17) is 9.47 Å². The molecule has 1 N–H and O–H groups in total. The van der Waals surface area contributed by atoms with E-state index in [1.807, 2.05) is 61.7 Å². The largest absolute Gasteiger partial charge is 0.493 e. The van der Waals surface area contributed by atoms with Crippen LogP contribution < -0.4 is 9.64 Å². The molecule has 3 saturated heterocycles. The summed E-state index contributed by atoms with van der Waals surface area (Å²) in [6.07, 6.45) is 3.86. The molecule has 184 valence electrons.